The molecule has 0 bridgehead atoms. The fourth-order valence-corrected chi connectivity index (χ4v) is 2.19. The van der Waals surface area contributed by atoms with E-state index in [0.29, 0.717) is 17.5 Å². The fourth-order valence-electron chi connectivity index (χ4n) is 2.19. The SMILES string of the molecule is O=CC(=O)NCCOc1ccc(Nc2ccc([N+](=O)[O-])c(C(F)(F)F)c2)cc1. The van der Waals surface area contributed by atoms with Gasteiger partial charge in [-0.05, 0) is 36.4 Å². The Labute approximate surface area is 156 Å². The molecule has 148 valence electrons. The fraction of sp³-hybridized carbons (Fsp3) is 0.176. The maximum atomic E-state index is 13.0. The molecule has 11 heteroatoms. The van der Waals surface area contributed by atoms with Gasteiger partial charge in [-0.15, -0.1) is 0 Å². The summed E-state index contributed by atoms with van der Waals surface area (Å²) in [5, 5.41) is 15.8. The summed E-state index contributed by atoms with van der Waals surface area (Å²) >= 11 is 0. The number of nitrogens with zero attached hydrogens (tertiary/aromatic N) is 1. The Kier molecular flexibility index (Phi) is 6.53. The molecule has 2 aromatic carbocycles. The van der Waals surface area contributed by atoms with Gasteiger partial charge in [0.15, 0.2) is 0 Å². The number of carbonyl (C=O) groups is 2. The highest BCUT2D eigenvalue weighted by Crippen LogP contribution is 2.38. The van der Waals surface area contributed by atoms with E-state index < -0.39 is 28.3 Å². The number of aldehydes is 1. The molecule has 0 saturated heterocycles. The summed E-state index contributed by atoms with van der Waals surface area (Å²) in [6.07, 6.45) is -4.72. The van der Waals surface area contributed by atoms with Crippen molar-refractivity contribution in [2.24, 2.45) is 0 Å². The summed E-state index contributed by atoms with van der Waals surface area (Å²) in [6.45, 7) is 0.240. The summed E-state index contributed by atoms with van der Waals surface area (Å²) in [5.41, 5.74) is -1.91. The Hall–Kier alpha value is -3.63. The summed E-state index contributed by atoms with van der Waals surface area (Å²) in [5.74, 6) is -0.324. The molecular formula is C17H14F3N3O5. The lowest BCUT2D eigenvalue weighted by atomic mass is 10.1. The van der Waals surface area contributed by atoms with E-state index >= 15 is 0 Å². The van der Waals surface area contributed by atoms with Crippen LogP contribution < -0.4 is 15.4 Å². The number of benzene rings is 2. The molecule has 0 atom stereocenters. The summed E-state index contributed by atoms with van der Waals surface area (Å²) in [4.78, 5) is 30.5. The van der Waals surface area contributed by atoms with E-state index in [4.69, 9.17) is 4.74 Å². The van der Waals surface area contributed by atoms with Gasteiger partial charge in [-0.2, -0.15) is 13.2 Å². The second-order valence-corrected chi connectivity index (χ2v) is 5.39. The van der Waals surface area contributed by atoms with E-state index in [1.165, 1.54) is 18.2 Å². The summed E-state index contributed by atoms with van der Waals surface area (Å²) in [6, 6.07) is 8.78. The second-order valence-electron chi connectivity index (χ2n) is 5.39. The third-order valence-electron chi connectivity index (χ3n) is 3.42. The van der Waals surface area contributed by atoms with Crippen molar-refractivity contribution in [2.45, 2.75) is 6.18 Å². The normalized spacial score (nSPS) is 10.8. The van der Waals surface area contributed by atoms with E-state index in [-0.39, 0.29) is 25.1 Å². The Bertz CT molecular complexity index is 869. The number of amides is 1. The minimum atomic E-state index is -4.86. The monoisotopic (exact) mass is 397 g/mol. The molecule has 0 fully saturated rings. The Morgan fingerprint density at radius 2 is 1.79 bits per heavy atom. The molecule has 0 spiro atoms. The summed E-state index contributed by atoms with van der Waals surface area (Å²) < 4.78 is 44.3. The molecule has 2 aromatic rings. The van der Waals surface area contributed by atoms with E-state index in [1.807, 2.05) is 0 Å². The lowest BCUT2D eigenvalue weighted by Gasteiger charge is -2.12. The van der Waals surface area contributed by atoms with Crippen LogP contribution in [0.4, 0.5) is 30.2 Å². The largest absolute Gasteiger partial charge is 0.492 e. The van der Waals surface area contributed by atoms with Crippen molar-refractivity contribution < 1.29 is 32.4 Å². The van der Waals surface area contributed by atoms with Gasteiger partial charge in [-0.1, -0.05) is 0 Å². The van der Waals surface area contributed by atoms with Crippen LogP contribution in [0.2, 0.25) is 0 Å². The minimum Gasteiger partial charge on any atom is -0.492 e. The number of hydrogen-bond donors (Lipinski definition) is 2. The molecule has 0 aliphatic rings. The second kappa shape index (κ2) is 8.84. The highest BCUT2D eigenvalue weighted by molar-refractivity contribution is 6.23. The van der Waals surface area contributed by atoms with E-state index in [0.717, 1.165) is 6.07 Å². The first-order valence-corrected chi connectivity index (χ1v) is 7.79. The smallest absolute Gasteiger partial charge is 0.423 e. The predicted octanol–water partition coefficient (Wildman–Crippen LogP) is 3.05. The highest BCUT2D eigenvalue weighted by atomic mass is 19.4. The molecular weight excluding hydrogens is 383 g/mol. The van der Waals surface area contributed by atoms with Crippen LogP contribution in [0, 0.1) is 10.1 Å². The van der Waals surface area contributed by atoms with Crippen LogP contribution in [0.3, 0.4) is 0 Å². The van der Waals surface area contributed by atoms with Gasteiger partial charge in [0.05, 0.1) is 11.5 Å². The highest BCUT2D eigenvalue weighted by Gasteiger charge is 2.38. The number of carbonyl (C=O) groups excluding carboxylic acids is 2. The molecule has 2 rings (SSSR count). The van der Waals surface area contributed by atoms with Gasteiger partial charge in [0.1, 0.15) is 17.9 Å². The van der Waals surface area contributed by atoms with Crippen LogP contribution in [-0.2, 0) is 15.8 Å². The maximum Gasteiger partial charge on any atom is 0.423 e. The van der Waals surface area contributed by atoms with Crippen LogP contribution in [0.5, 0.6) is 5.75 Å². The number of nitrogens with one attached hydrogen (secondary N) is 2. The third-order valence-corrected chi connectivity index (χ3v) is 3.42. The van der Waals surface area contributed by atoms with Gasteiger partial charge < -0.3 is 15.4 Å². The minimum absolute atomic E-state index is 0.0307. The van der Waals surface area contributed by atoms with Gasteiger partial charge in [-0.3, -0.25) is 19.7 Å². The van der Waals surface area contributed by atoms with Gasteiger partial charge in [0.2, 0.25) is 6.29 Å². The number of halogens is 3. The standard InChI is InChI=1S/C17H14F3N3O5/c18-17(19,20)14-9-12(3-6-15(14)23(26)27)22-11-1-4-13(5-2-11)28-8-7-21-16(25)10-24/h1-6,9-10,22H,7-8H2,(H,21,25). The van der Waals surface area contributed by atoms with E-state index in [9.17, 15) is 32.9 Å². The number of anilines is 2. The first kappa shape index (κ1) is 20.7. The van der Waals surface area contributed by atoms with Crippen LogP contribution in [0.25, 0.3) is 0 Å². The number of alkyl halides is 3. The predicted molar refractivity (Wildman–Crippen MR) is 92.4 cm³/mol. The third kappa shape index (κ3) is 5.69. The van der Waals surface area contributed by atoms with Crippen molar-refractivity contribution in [3.8, 4) is 5.75 Å². The van der Waals surface area contributed by atoms with Gasteiger partial charge in [0, 0.05) is 17.4 Å². The Balaban J connectivity index is 2.03. The van der Waals surface area contributed by atoms with Crippen molar-refractivity contribution >= 4 is 29.3 Å². The molecule has 0 heterocycles. The summed E-state index contributed by atoms with van der Waals surface area (Å²) in [7, 11) is 0. The van der Waals surface area contributed by atoms with E-state index in [2.05, 4.69) is 10.6 Å². The number of hydrogen-bond acceptors (Lipinski definition) is 6. The first-order valence-electron chi connectivity index (χ1n) is 7.79. The van der Waals surface area contributed by atoms with E-state index in [1.54, 1.807) is 12.1 Å². The molecule has 8 nitrogen and oxygen atoms in total. The number of rotatable bonds is 8. The van der Waals surface area contributed by atoms with Crippen LogP contribution >= 0.6 is 0 Å². The topological polar surface area (TPSA) is 111 Å². The molecule has 28 heavy (non-hydrogen) atoms. The lowest BCUT2D eigenvalue weighted by Crippen LogP contribution is -2.28. The molecule has 2 N–H and O–H groups in total. The molecule has 1 amide bonds. The zero-order valence-electron chi connectivity index (χ0n) is 14.2. The molecule has 0 aliphatic heterocycles. The van der Waals surface area contributed by atoms with Crippen LogP contribution in [0.15, 0.2) is 42.5 Å². The van der Waals surface area contributed by atoms with Crippen molar-refractivity contribution in [1.29, 1.82) is 0 Å². The zero-order chi connectivity index (χ0) is 20.7. The van der Waals surface area contributed by atoms with Gasteiger partial charge in [-0.25, -0.2) is 0 Å². The average Bonchev–Trinajstić information content (AvgIpc) is 2.65. The van der Waals surface area contributed by atoms with Crippen LogP contribution in [-0.4, -0.2) is 30.3 Å². The average molecular weight is 397 g/mol. The maximum absolute atomic E-state index is 13.0. The molecule has 0 aliphatic carbocycles. The van der Waals surface area contributed by atoms with Gasteiger partial charge in [0.25, 0.3) is 11.6 Å². The Morgan fingerprint density at radius 1 is 1.14 bits per heavy atom. The lowest BCUT2D eigenvalue weighted by molar-refractivity contribution is -0.388. The Morgan fingerprint density at radius 3 is 2.36 bits per heavy atom. The van der Waals surface area contributed by atoms with Crippen molar-refractivity contribution in [3.63, 3.8) is 0 Å². The number of ether oxygens (including phenoxy) is 1. The number of nitro groups is 1. The van der Waals surface area contributed by atoms with Crippen molar-refractivity contribution in [2.75, 3.05) is 18.5 Å². The first-order chi connectivity index (χ1) is 13.2. The zero-order valence-corrected chi connectivity index (χ0v) is 14.2. The molecule has 0 unspecified atom stereocenters. The van der Waals surface area contributed by atoms with Gasteiger partial charge >= 0.3 is 6.18 Å². The molecule has 0 saturated carbocycles. The molecule has 0 aromatic heterocycles. The van der Waals surface area contributed by atoms with Crippen LogP contribution in [0.1, 0.15) is 5.56 Å². The van der Waals surface area contributed by atoms with Crippen molar-refractivity contribution in [1.82, 2.24) is 5.32 Å². The molecule has 0 radical (unpaired) electrons. The number of nitro benzene ring substituents is 1. The quantitative estimate of drug-likeness (QED) is 0.233. The van der Waals surface area contributed by atoms with Crippen molar-refractivity contribution in [3.05, 3.63) is 58.1 Å².